The number of fused-ring (bicyclic) bond motifs is 3. The number of amides is 1. The molecule has 24 heavy (non-hydrogen) atoms. The van der Waals surface area contributed by atoms with Crippen LogP contribution in [0.5, 0.6) is 0 Å². The fraction of sp³-hybridized carbons (Fsp3) is 0.0526. The van der Waals surface area contributed by atoms with Crippen molar-refractivity contribution in [3.63, 3.8) is 0 Å². The summed E-state index contributed by atoms with van der Waals surface area (Å²) in [4.78, 5) is 17.8. The molecule has 0 unspecified atom stereocenters. The normalized spacial score (nSPS) is 11.0. The monoisotopic (exact) mass is 334 g/mol. The average molecular weight is 334 g/mol. The smallest absolute Gasteiger partial charge is 0.256 e. The second kappa shape index (κ2) is 6.02. The molecule has 2 aromatic heterocycles. The number of hydrogen-bond acceptors (Lipinski definition) is 4. The van der Waals surface area contributed by atoms with Gasteiger partial charge in [-0.2, -0.15) is 0 Å². The van der Waals surface area contributed by atoms with Gasteiger partial charge in [-0.3, -0.25) is 9.78 Å². The molecule has 0 saturated heterocycles. The molecule has 4 nitrogen and oxygen atoms in total. The van der Waals surface area contributed by atoms with Gasteiger partial charge in [-0.25, -0.2) is 0 Å². The number of nitrogens with zero attached hydrogens (tertiary/aromatic N) is 1. The van der Waals surface area contributed by atoms with Crippen molar-refractivity contribution >= 4 is 45.3 Å². The quantitative estimate of drug-likeness (QED) is 0.538. The van der Waals surface area contributed by atoms with Gasteiger partial charge in [-0.1, -0.05) is 18.2 Å². The van der Waals surface area contributed by atoms with Crippen molar-refractivity contribution in [2.45, 2.75) is 4.90 Å². The molecule has 2 heterocycles. The molecule has 1 N–H and O–H groups in total. The lowest BCUT2D eigenvalue weighted by Crippen LogP contribution is -2.12. The van der Waals surface area contributed by atoms with Crippen molar-refractivity contribution < 1.29 is 9.21 Å². The highest BCUT2D eigenvalue weighted by molar-refractivity contribution is 7.98. The summed E-state index contributed by atoms with van der Waals surface area (Å²) in [6.07, 6.45) is 5.29. The summed E-state index contributed by atoms with van der Waals surface area (Å²) in [6.45, 7) is 0. The van der Waals surface area contributed by atoms with Crippen LogP contribution in [0.2, 0.25) is 0 Å². The molecule has 0 bridgehead atoms. The van der Waals surface area contributed by atoms with Gasteiger partial charge in [0.05, 0.1) is 10.5 Å². The summed E-state index contributed by atoms with van der Waals surface area (Å²) >= 11 is 1.60. The van der Waals surface area contributed by atoms with Gasteiger partial charge in [0.1, 0.15) is 11.2 Å². The predicted molar refractivity (Wildman–Crippen MR) is 97.7 cm³/mol. The maximum Gasteiger partial charge on any atom is 0.256 e. The van der Waals surface area contributed by atoms with E-state index in [0.29, 0.717) is 11.3 Å². The Kier molecular flexibility index (Phi) is 3.70. The number of pyridine rings is 1. The molecule has 2 aromatic carbocycles. The van der Waals surface area contributed by atoms with Crippen LogP contribution in [0.15, 0.2) is 70.2 Å². The lowest BCUT2D eigenvalue weighted by atomic mass is 10.1. The number of carbonyl (C=O) groups excluding carboxylic acids is 1. The second-order valence-electron chi connectivity index (χ2n) is 5.31. The first-order valence-corrected chi connectivity index (χ1v) is 8.70. The maximum atomic E-state index is 12.8. The van der Waals surface area contributed by atoms with Crippen LogP contribution in [0.1, 0.15) is 10.4 Å². The van der Waals surface area contributed by atoms with E-state index in [4.69, 9.17) is 4.42 Å². The van der Waals surface area contributed by atoms with E-state index in [1.807, 2.05) is 42.7 Å². The first-order valence-electron chi connectivity index (χ1n) is 7.47. The maximum absolute atomic E-state index is 12.8. The van der Waals surface area contributed by atoms with Crippen LogP contribution in [0.4, 0.5) is 5.69 Å². The van der Waals surface area contributed by atoms with Crippen molar-refractivity contribution in [1.82, 2.24) is 4.98 Å². The van der Waals surface area contributed by atoms with Crippen molar-refractivity contribution in [3.05, 3.63) is 66.5 Å². The molecule has 1 amide bonds. The summed E-state index contributed by atoms with van der Waals surface area (Å²) < 4.78 is 6.00. The Balaban J connectivity index is 1.90. The second-order valence-corrected chi connectivity index (χ2v) is 6.16. The zero-order valence-electron chi connectivity index (χ0n) is 12.9. The molecule has 118 valence electrons. The molecule has 0 aliphatic heterocycles. The van der Waals surface area contributed by atoms with E-state index in [1.54, 1.807) is 36.3 Å². The topological polar surface area (TPSA) is 55.1 Å². The number of furan rings is 1. The molecular formula is C19H14N2O2S. The highest BCUT2D eigenvalue weighted by Crippen LogP contribution is 2.37. The molecule has 0 radical (unpaired) electrons. The zero-order valence-corrected chi connectivity index (χ0v) is 13.8. The van der Waals surface area contributed by atoms with E-state index in [2.05, 4.69) is 10.3 Å². The summed E-state index contributed by atoms with van der Waals surface area (Å²) in [6, 6.07) is 15.1. The van der Waals surface area contributed by atoms with Crippen molar-refractivity contribution in [1.29, 1.82) is 0 Å². The molecule has 0 atom stereocenters. The molecule has 5 heteroatoms. The lowest BCUT2D eigenvalue weighted by Gasteiger charge is -2.07. The number of carbonyl (C=O) groups is 1. The van der Waals surface area contributed by atoms with Gasteiger partial charge in [0.15, 0.2) is 0 Å². The first-order chi connectivity index (χ1) is 11.8. The average Bonchev–Trinajstić information content (AvgIpc) is 3.01. The number of rotatable bonds is 3. The standard InChI is InChI=1S/C19H14N2O2S/c1-24-16-7-6-14(19(22)21-12-8-10-20-11-9-12)17-13-4-2-3-5-15(13)23-18(16)17/h2-11H,1H3,(H,20,21,22). The zero-order chi connectivity index (χ0) is 16.5. The minimum atomic E-state index is -0.162. The molecule has 4 aromatic rings. The van der Waals surface area contributed by atoms with E-state index in [0.717, 1.165) is 26.8 Å². The van der Waals surface area contributed by atoms with Crippen LogP contribution in [0.25, 0.3) is 21.9 Å². The van der Waals surface area contributed by atoms with Gasteiger partial charge in [0, 0.05) is 28.9 Å². The van der Waals surface area contributed by atoms with Crippen molar-refractivity contribution in [2.75, 3.05) is 11.6 Å². The van der Waals surface area contributed by atoms with E-state index >= 15 is 0 Å². The minimum absolute atomic E-state index is 0.162. The van der Waals surface area contributed by atoms with Crippen LogP contribution in [-0.4, -0.2) is 17.1 Å². The Morgan fingerprint density at radius 1 is 1.08 bits per heavy atom. The van der Waals surface area contributed by atoms with Crippen LogP contribution >= 0.6 is 11.8 Å². The predicted octanol–water partition coefficient (Wildman–Crippen LogP) is 4.96. The number of thioether (sulfide) groups is 1. The van der Waals surface area contributed by atoms with Gasteiger partial charge in [0.25, 0.3) is 5.91 Å². The van der Waals surface area contributed by atoms with Crippen molar-refractivity contribution in [3.8, 4) is 0 Å². The molecule has 4 rings (SSSR count). The first kappa shape index (κ1) is 14.8. The Labute approximate surface area is 142 Å². The number of nitrogens with one attached hydrogen (secondary N) is 1. The lowest BCUT2D eigenvalue weighted by molar-refractivity contribution is 0.102. The van der Waals surface area contributed by atoms with E-state index in [-0.39, 0.29) is 5.91 Å². The fourth-order valence-electron chi connectivity index (χ4n) is 2.79. The number of anilines is 1. The molecular weight excluding hydrogens is 320 g/mol. The van der Waals surface area contributed by atoms with E-state index < -0.39 is 0 Å². The molecule has 0 aliphatic rings. The number of para-hydroxylation sites is 1. The van der Waals surface area contributed by atoms with Gasteiger partial charge >= 0.3 is 0 Å². The Morgan fingerprint density at radius 2 is 1.88 bits per heavy atom. The highest BCUT2D eigenvalue weighted by Gasteiger charge is 2.18. The van der Waals surface area contributed by atoms with Crippen LogP contribution in [-0.2, 0) is 0 Å². The summed E-state index contributed by atoms with van der Waals surface area (Å²) in [5.41, 5.74) is 2.85. The largest absolute Gasteiger partial charge is 0.455 e. The van der Waals surface area contributed by atoms with E-state index in [1.165, 1.54) is 0 Å². The number of aromatic nitrogens is 1. The molecule has 0 saturated carbocycles. The van der Waals surface area contributed by atoms with Crippen molar-refractivity contribution in [2.24, 2.45) is 0 Å². The number of benzene rings is 2. The Hall–Kier alpha value is -2.79. The van der Waals surface area contributed by atoms with Gasteiger partial charge in [0.2, 0.25) is 0 Å². The molecule has 0 aliphatic carbocycles. The minimum Gasteiger partial charge on any atom is -0.455 e. The number of hydrogen-bond donors (Lipinski definition) is 1. The highest BCUT2D eigenvalue weighted by atomic mass is 32.2. The molecule has 0 fully saturated rings. The SMILES string of the molecule is CSc1ccc(C(=O)Nc2ccncc2)c2c1oc1ccccc12. The van der Waals surface area contributed by atoms with Crippen LogP contribution < -0.4 is 5.32 Å². The fourth-order valence-corrected chi connectivity index (χ4v) is 3.32. The summed E-state index contributed by atoms with van der Waals surface area (Å²) in [5, 5.41) is 4.71. The van der Waals surface area contributed by atoms with Crippen LogP contribution in [0, 0.1) is 0 Å². The summed E-state index contributed by atoms with van der Waals surface area (Å²) in [5.74, 6) is -0.162. The summed E-state index contributed by atoms with van der Waals surface area (Å²) in [7, 11) is 0. The van der Waals surface area contributed by atoms with Gasteiger partial charge < -0.3 is 9.73 Å². The Bertz CT molecular complexity index is 1040. The third kappa shape index (κ3) is 2.43. The van der Waals surface area contributed by atoms with Gasteiger partial charge in [-0.15, -0.1) is 11.8 Å². The van der Waals surface area contributed by atoms with Crippen LogP contribution in [0.3, 0.4) is 0 Å². The Morgan fingerprint density at radius 3 is 2.67 bits per heavy atom. The molecule has 0 spiro atoms. The third-order valence-corrected chi connectivity index (χ3v) is 4.65. The van der Waals surface area contributed by atoms with Gasteiger partial charge in [-0.05, 0) is 36.6 Å². The van der Waals surface area contributed by atoms with E-state index in [9.17, 15) is 4.79 Å². The third-order valence-electron chi connectivity index (χ3n) is 3.89.